The summed E-state index contributed by atoms with van der Waals surface area (Å²) in [5.74, 6) is -0.329. The van der Waals surface area contributed by atoms with E-state index < -0.39 is 5.54 Å². The van der Waals surface area contributed by atoms with Gasteiger partial charge in [0.05, 0.1) is 5.54 Å². The monoisotopic (exact) mass is 286 g/mol. The molecule has 0 aliphatic carbocycles. The Hall–Kier alpha value is -1.15. The highest BCUT2D eigenvalue weighted by Crippen LogP contribution is 2.26. The van der Waals surface area contributed by atoms with Crippen molar-refractivity contribution in [2.45, 2.75) is 49.6 Å². The molecule has 0 saturated heterocycles. The van der Waals surface area contributed by atoms with Gasteiger partial charge in [-0.1, -0.05) is 25.6 Å². The Balaban J connectivity index is 2.63. The Labute approximate surface area is 117 Å². The van der Waals surface area contributed by atoms with Crippen LogP contribution >= 0.6 is 11.8 Å². The van der Waals surface area contributed by atoms with Crippen LogP contribution in [0.25, 0.3) is 0 Å². The summed E-state index contributed by atoms with van der Waals surface area (Å²) < 4.78 is 1.61. The van der Waals surface area contributed by atoms with Crippen molar-refractivity contribution in [2.24, 2.45) is 12.8 Å². The molecule has 1 amide bonds. The predicted molar refractivity (Wildman–Crippen MR) is 74.6 cm³/mol. The van der Waals surface area contributed by atoms with Crippen LogP contribution in [-0.2, 0) is 11.8 Å². The van der Waals surface area contributed by atoms with Gasteiger partial charge in [0.2, 0.25) is 11.1 Å². The zero-order valence-electron chi connectivity index (χ0n) is 11.9. The molecule has 1 rings (SSSR count). The zero-order valence-corrected chi connectivity index (χ0v) is 12.7. The Morgan fingerprint density at radius 2 is 2.32 bits per heavy atom. The van der Waals surface area contributed by atoms with Crippen molar-refractivity contribution in [3.63, 3.8) is 0 Å². The molecule has 2 unspecified atom stereocenters. The molecule has 0 saturated carbocycles. The summed E-state index contributed by atoms with van der Waals surface area (Å²) in [4.78, 5) is 11.6. The first-order chi connectivity index (χ1) is 8.89. The molecule has 19 heavy (non-hydrogen) atoms. The van der Waals surface area contributed by atoms with Gasteiger partial charge in [0.25, 0.3) is 0 Å². The summed E-state index contributed by atoms with van der Waals surface area (Å²) in [6.07, 6.45) is 1.58. The summed E-state index contributed by atoms with van der Waals surface area (Å²) in [5, 5.41) is 15.4. The van der Waals surface area contributed by atoms with Crippen LogP contribution in [-0.4, -0.2) is 43.4 Å². The molecule has 2 atom stereocenters. The molecule has 7 nitrogen and oxygen atoms in total. The molecule has 0 radical (unpaired) electrons. The van der Waals surface area contributed by atoms with Crippen LogP contribution in [0.1, 0.15) is 33.6 Å². The molecule has 108 valence electrons. The van der Waals surface area contributed by atoms with E-state index in [-0.39, 0.29) is 11.2 Å². The molecule has 0 aliphatic rings. The molecular weight excluding hydrogens is 264 g/mol. The molecule has 0 aliphatic heterocycles. The van der Waals surface area contributed by atoms with E-state index in [2.05, 4.69) is 27.8 Å². The fraction of sp³-hybridized carbons (Fsp3) is 0.818. The van der Waals surface area contributed by atoms with E-state index in [0.717, 1.165) is 18.1 Å². The summed E-state index contributed by atoms with van der Waals surface area (Å²) >= 11 is 1.53. The lowest BCUT2D eigenvalue weighted by Gasteiger charge is -2.29. The average molecular weight is 286 g/mol. The number of nitrogens with zero attached hydrogens (tertiary/aromatic N) is 4. The number of hydrogen-bond donors (Lipinski definition) is 2. The van der Waals surface area contributed by atoms with Gasteiger partial charge in [0.15, 0.2) is 0 Å². The number of aryl methyl sites for hydroxylation is 1. The van der Waals surface area contributed by atoms with Gasteiger partial charge < -0.3 is 11.1 Å². The SMILES string of the molecule is CCCNC(C)(CC(C)Sc1nnnn1C)C(N)=O. The van der Waals surface area contributed by atoms with Gasteiger partial charge in [-0.3, -0.25) is 4.79 Å². The molecule has 0 fully saturated rings. The largest absolute Gasteiger partial charge is 0.368 e. The lowest BCUT2D eigenvalue weighted by Crippen LogP contribution is -2.54. The fourth-order valence-electron chi connectivity index (χ4n) is 1.78. The molecule has 0 spiro atoms. The maximum absolute atomic E-state index is 11.6. The van der Waals surface area contributed by atoms with E-state index in [1.807, 2.05) is 13.8 Å². The van der Waals surface area contributed by atoms with Crippen LogP contribution in [0.3, 0.4) is 0 Å². The first-order valence-electron chi connectivity index (χ1n) is 6.33. The number of nitrogens with one attached hydrogen (secondary N) is 1. The third-order valence-electron chi connectivity index (χ3n) is 2.89. The highest BCUT2D eigenvalue weighted by Gasteiger charge is 2.32. The predicted octanol–water partition coefficient (Wildman–Crippen LogP) is 0.324. The van der Waals surface area contributed by atoms with Gasteiger partial charge >= 0.3 is 0 Å². The lowest BCUT2D eigenvalue weighted by molar-refractivity contribution is -0.124. The molecular formula is C11H22N6OS. The Bertz CT molecular complexity index is 423. The first-order valence-corrected chi connectivity index (χ1v) is 7.21. The standard InChI is InChI=1S/C11H22N6OS/c1-5-6-13-11(3,9(12)18)7-8(2)19-10-14-15-16-17(10)4/h8,13H,5-7H2,1-4H3,(H2,12,18). The number of carbonyl (C=O) groups is 1. The summed E-state index contributed by atoms with van der Waals surface area (Å²) in [5.41, 5.74) is 4.81. The Morgan fingerprint density at radius 1 is 1.63 bits per heavy atom. The molecule has 8 heteroatoms. The second-order valence-electron chi connectivity index (χ2n) is 4.84. The van der Waals surface area contributed by atoms with Crippen molar-refractivity contribution >= 4 is 17.7 Å². The van der Waals surface area contributed by atoms with Crippen LogP contribution in [0.15, 0.2) is 5.16 Å². The van der Waals surface area contributed by atoms with Gasteiger partial charge in [-0.2, -0.15) is 0 Å². The van der Waals surface area contributed by atoms with Crippen LogP contribution in [0.5, 0.6) is 0 Å². The maximum atomic E-state index is 11.6. The van der Waals surface area contributed by atoms with E-state index in [4.69, 9.17) is 5.73 Å². The number of primary amides is 1. The minimum Gasteiger partial charge on any atom is -0.368 e. The quantitative estimate of drug-likeness (QED) is 0.668. The number of carbonyl (C=O) groups excluding carboxylic acids is 1. The fourth-order valence-corrected chi connectivity index (χ4v) is 2.83. The van der Waals surface area contributed by atoms with Gasteiger partial charge in [-0.05, 0) is 36.7 Å². The number of hydrogen-bond acceptors (Lipinski definition) is 6. The second-order valence-corrected chi connectivity index (χ2v) is 6.25. The summed E-state index contributed by atoms with van der Waals surface area (Å²) in [6, 6.07) is 0. The minimum atomic E-state index is -0.700. The van der Waals surface area contributed by atoms with E-state index in [1.54, 1.807) is 11.7 Å². The molecule has 0 aromatic carbocycles. The summed E-state index contributed by atoms with van der Waals surface area (Å²) in [6.45, 7) is 6.70. The first kappa shape index (κ1) is 15.9. The van der Waals surface area contributed by atoms with Crippen LogP contribution < -0.4 is 11.1 Å². The highest BCUT2D eigenvalue weighted by molar-refractivity contribution is 7.99. The van der Waals surface area contributed by atoms with E-state index >= 15 is 0 Å². The van der Waals surface area contributed by atoms with Gasteiger partial charge in [-0.15, -0.1) is 5.10 Å². The van der Waals surface area contributed by atoms with Crippen molar-refractivity contribution < 1.29 is 4.79 Å². The van der Waals surface area contributed by atoms with Crippen molar-refractivity contribution in [3.8, 4) is 0 Å². The molecule has 0 bridgehead atoms. The number of aromatic nitrogens is 4. The van der Waals surface area contributed by atoms with Crippen LogP contribution in [0.2, 0.25) is 0 Å². The van der Waals surface area contributed by atoms with Crippen LogP contribution in [0, 0.1) is 0 Å². The third-order valence-corrected chi connectivity index (χ3v) is 4.02. The van der Waals surface area contributed by atoms with E-state index in [9.17, 15) is 4.79 Å². The normalized spacial score (nSPS) is 16.0. The minimum absolute atomic E-state index is 0.173. The van der Waals surface area contributed by atoms with Crippen molar-refractivity contribution in [3.05, 3.63) is 0 Å². The van der Waals surface area contributed by atoms with Gasteiger partial charge in [0.1, 0.15) is 0 Å². The third kappa shape index (κ3) is 4.46. The van der Waals surface area contributed by atoms with Crippen molar-refractivity contribution in [2.75, 3.05) is 6.54 Å². The van der Waals surface area contributed by atoms with Crippen molar-refractivity contribution in [1.29, 1.82) is 0 Å². The number of rotatable bonds is 8. The highest BCUT2D eigenvalue weighted by atomic mass is 32.2. The molecule has 1 aromatic heterocycles. The topological polar surface area (TPSA) is 98.7 Å². The number of thioether (sulfide) groups is 1. The van der Waals surface area contributed by atoms with Crippen molar-refractivity contribution in [1.82, 2.24) is 25.5 Å². The molecule has 1 heterocycles. The molecule has 3 N–H and O–H groups in total. The maximum Gasteiger partial charge on any atom is 0.237 e. The lowest BCUT2D eigenvalue weighted by atomic mass is 9.95. The smallest absolute Gasteiger partial charge is 0.237 e. The Kier molecular flexibility index (Phi) is 5.74. The number of tetrazole rings is 1. The number of amides is 1. The van der Waals surface area contributed by atoms with E-state index in [1.165, 1.54) is 11.8 Å². The number of nitrogens with two attached hydrogens (primary N) is 1. The van der Waals surface area contributed by atoms with Gasteiger partial charge in [0, 0.05) is 12.3 Å². The Morgan fingerprint density at radius 3 is 2.79 bits per heavy atom. The van der Waals surface area contributed by atoms with Crippen LogP contribution in [0.4, 0.5) is 0 Å². The average Bonchev–Trinajstić information content (AvgIpc) is 2.72. The molecule has 1 aromatic rings. The van der Waals surface area contributed by atoms with E-state index in [0.29, 0.717) is 6.42 Å². The van der Waals surface area contributed by atoms with Gasteiger partial charge in [-0.25, -0.2) is 4.68 Å². The summed E-state index contributed by atoms with van der Waals surface area (Å²) in [7, 11) is 1.79. The zero-order chi connectivity index (χ0) is 14.5. The second kappa shape index (κ2) is 6.85.